The predicted octanol–water partition coefficient (Wildman–Crippen LogP) is 5.12. The Bertz CT molecular complexity index is 2950. The van der Waals surface area contributed by atoms with Crippen molar-refractivity contribution in [3.05, 3.63) is 147 Å². The molecule has 326 valence electrons. The van der Waals surface area contributed by atoms with Gasteiger partial charge < -0.3 is 24.4 Å². The maximum absolute atomic E-state index is 13.5. The number of benzene rings is 2. The first-order valence-electron chi connectivity index (χ1n) is 17.1. The van der Waals surface area contributed by atoms with E-state index in [9.17, 15) is 45.8 Å². The first-order chi connectivity index (χ1) is 29.8. The van der Waals surface area contributed by atoms with Crippen LogP contribution >= 0.6 is 23.2 Å². The summed E-state index contributed by atoms with van der Waals surface area (Å²) >= 11 is 11.7. The van der Waals surface area contributed by atoms with Crippen molar-refractivity contribution in [3.63, 3.8) is 0 Å². The molecule has 2 aromatic carbocycles. The predicted molar refractivity (Wildman–Crippen MR) is 203 cm³/mol. The highest BCUT2D eigenvalue weighted by molar-refractivity contribution is 6.31. The van der Waals surface area contributed by atoms with Gasteiger partial charge in [0.05, 0.1) is 80.7 Å². The van der Waals surface area contributed by atoms with Gasteiger partial charge in [-0.3, -0.25) is 23.5 Å². The molecule has 0 atom stereocenters. The Morgan fingerprint density at radius 1 is 0.698 bits per heavy atom. The normalized spacial score (nSPS) is 11.2. The lowest BCUT2D eigenvalue weighted by atomic mass is 10.2. The summed E-state index contributed by atoms with van der Waals surface area (Å²) in [6, 6.07) is 13.2. The molecule has 6 aromatic rings. The first kappa shape index (κ1) is 46.7. The summed E-state index contributed by atoms with van der Waals surface area (Å²) in [7, 11) is 1.32. The number of hydrogen-bond acceptors (Lipinski definition) is 15. The molecule has 18 nitrogen and oxygen atoms in total. The third-order valence-corrected chi connectivity index (χ3v) is 8.42. The Hall–Kier alpha value is -7.38. The summed E-state index contributed by atoms with van der Waals surface area (Å²) in [4.78, 5) is 43.7. The van der Waals surface area contributed by atoms with Crippen LogP contribution in [0.3, 0.4) is 0 Å². The Morgan fingerprint density at radius 2 is 1.16 bits per heavy atom. The molecule has 3 N–H and O–H groups in total. The summed E-state index contributed by atoms with van der Waals surface area (Å²) < 4.78 is 97.5. The number of aromatic amines is 1. The second kappa shape index (κ2) is 19.6. The van der Waals surface area contributed by atoms with E-state index in [1.54, 1.807) is 12.1 Å². The van der Waals surface area contributed by atoms with Crippen molar-refractivity contribution in [3.8, 4) is 41.0 Å². The number of nitrogens with one attached hydrogen (secondary N) is 1. The topological polar surface area (TPSA) is 257 Å². The van der Waals surface area contributed by atoms with Crippen LogP contribution in [0, 0.1) is 22.7 Å². The van der Waals surface area contributed by atoms with E-state index in [0.717, 1.165) is 33.4 Å². The monoisotopic (exact) mass is 920 g/mol. The second-order valence-corrected chi connectivity index (χ2v) is 13.3. The van der Waals surface area contributed by atoms with Crippen LogP contribution in [0.25, 0.3) is 0 Å². The molecule has 0 amide bonds. The van der Waals surface area contributed by atoms with Gasteiger partial charge in [0.2, 0.25) is 17.4 Å². The standard InChI is InChI=1S/C19H13ClF3N5O4.C18H11ClF3N5O4/c1-31-17-11(8-29)4-13(26-27-17)7-28-9-25-16(19(21,22)23)15(18(28)30)32-14-3-10(6-24)2-12(20)5-14;19-11-1-9(5-23)2-13(4-11)31-14-15(18(20,21)22)24-8-27(17(14)30)6-12-3-10(7-28)16(29)26-25-12/h2-5,9,29H,7-8H2,1H3;1-4,8,28H,6-7H2,(H,26,29). The minimum absolute atomic E-state index is 0.00856. The number of H-pyrrole nitrogens is 1. The smallest absolute Gasteiger partial charge is 0.437 e. The number of aliphatic hydroxyl groups is 2. The van der Waals surface area contributed by atoms with E-state index in [1.807, 2.05) is 0 Å². The number of aliphatic hydroxyl groups excluding tert-OH is 2. The number of methoxy groups -OCH3 is 1. The molecule has 4 aromatic heterocycles. The van der Waals surface area contributed by atoms with Gasteiger partial charge in [0.15, 0.2) is 11.4 Å². The number of hydrogen-bond donors (Lipinski definition) is 3. The Kier molecular flexibility index (Phi) is 14.5. The van der Waals surface area contributed by atoms with Crippen molar-refractivity contribution < 1.29 is 50.8 Å². The molecule has 0 unspecified atom stereocenters. The minimum Gasteiger partial charge on any atom is -0.480 e. The highest BCUT2D eigenvalue weighted by atomic mass is 35.5. The summed E-state index contributed by atoms with van der Waals surface area (Å²) in [5.74, 6) is -2.69. The second-order valence-electron chi connectivity index (χ2n) is 12.4. The summed E-state index contributed by atoms with van der Waals surface area (Å²) in [6.45, 7) is -1.72. The molecule has 0 fully saturated rings. The lowest BCUT2D eigenvalue weighted by molar-refractivity contribution is -0.143. The Labute approximate surface area is 357 Å². The number of nitrogens with zero attached hydrogens (tertiary/aromatic N) is 9. The quantitative estimate of drug-likeness (QED) is 0.143. The van der Waals surface area contributed by atoms with Crippen molar-refractivity contribution in [1.29, 1.82) is 10.5 Å². The van der Waals surface area contributed by atoms with Crippen molar-refractivity contribution in [2.24, 2.45) is 0 Å². The highest BCUT2D eigenvalue weighted by Gasteiger charge is 2.40. The number of nitriles is 2. The van der Waals surface area contributed by atoms with E-state index in [1.165, 1.54) is 31.4 Å². The minimum atomic E-state index is -5.01. The zero-order valence-electron chi connectivity index (χ0n) is 31.5. The molecule has 0 aliphatic rings. The van der Waals surface area contributed by atoms with E-state index in [4.69, 9.17) is 53.0 Å². The van der Waals surface area contributed by atoms with Crippen molar-refractivity contribution >= 4 is 23.2 Å². The fraction of sp³-hybridized carbons (Fsp3) is 0.189. The van der Waals surface area contributed by atoms with Gasteiger partial charge in [0.25, 0.3) is 16.7 Å². The maximum Gasteiger partial charge on any atom is 0.437 e. The molecule has 4 heterocycles. The average molecular weight is 922 g/mol. The fourth-order valence-corrected chi connectivity index (χ4v) is 5.68. The van der Waals surface area contributed by atoms with Crippen LogP contribution in [0.15, 0.2) is 75.6 Å². The molecule has 0 radical (unpaired) electrons. The molecule has 0 aliphatic carbocycles. The van der Waals surface area contributed by atoms with Gasteiger partial charge in [-0.25, -0.2) is 15.1 Å². The van der Waals surface area contributed by atoms with Gasteiger partial charge in [0.1, 0.15) is 11.5 Å². The lowest BCUT2D eigenvalue weighted by Gasteiger charge is -2.15. The highest BCUT2D eigenvalue weighted by Crippen LogP contribution is 2.37. The van der Waals surface area contributed by atoms with Crippen LogP contribution in [0.2, 0.25) is 10.0 Å². The lowest BCUT2D eigenvalue weighted by Crippen LogP contribution is -2.27. The fourth-order valence-electron chi connectivity index (χ4n) is 5.23. The number of aromatic nitrogens is 8. The van der Waals surface area contributed by atoms with Gasteiger partial charge in [-0.2, -0.15) is 42.0 Å². The summed E-state index contributed by atoms with van der Waals surface area (Å²) in [5, 5.41) is 50.0. The van der Waals surface area contributed by atoms with E-state index >= 15 is 0 Å². The maximum atomic E-state index is 13.5. The van der Waals surface area contributed by atoms with Crippen molar-refractivity contribution in [1.82, 2.24) is 39.5 Å². The number of halogens is 8. The largest absolute Gasteiger partial charge is 0.480 e. The molecule has 0 saturated carbocycles. The Morgan fingerprint density at radius 3 is 1.59 bits per heavy atom. The van der Waals surface area contributed by atoms with Gasteiger partial charge >= 0.3 is 12.4 Å². The average Bonchev–Trinajstić information content (AvgIpc) is 3.23. The molecule has 0 spiro atoms. The van der Waals surface area contributed by atoms with Crippen LogP contribution in [0.4, 0.5) is 26.3 Å². The molecular weight excluding hydrogens is 897 g/mol. The van der Waals surface area contributed by atoms with Gasteiger partial charge in [-0.15, -0.1) is 10.2 Å². The molecule has 0 bridgehead atoms. The Balaban J connectivity index is 0.000000238. The number of rotatable bonds is 11. The van der Waals surface area contributed by atoms with E-state index in [-0.39, 0.29) is 74.2 Å². The molecule has 0 aliphatic heterocycles. The van der Waals surface area contributed by atoms with Crippen LogP contribution in [0.5, 0.6) is 28.9 Å². The van der Waals surface area contributed by atoms with Crippen LogP contribution in [0.1, 0.15) is 45.0 Å². The zero-order valence-corrected chi connectivity index (χ0v) is 33.0. The third-order valence-electron chi connectivity index (χ3n) is 7.99. The van der Waals surface area contributed by atoms with Crippen LogP contribution in [-0.4, -0.2) is 56.8 Å². The summed E-state index contributed by atoms with van der Waals surface area (Å²) in [5.41, 5.74) is -5.64. The van der Waals surface area contributed by atoms with E-state index in [2.05, 4.69) is 30.4 Å². The van der Waals surface area contributed by atoms with E-state index in [0.29, 0.717) is 12.7 Å². The van der Waals surface area contributed by atoms with E-state index < -0.39 is 65.1 Å². The third kappa shape index (κ3) is 11.5. The number of alkyl halides is 6. The SMILES string of the molecule is COc1nnc(Cn2cnc(C(F)(F)F)c(Oc3cc(Cl)cc(C#N)c3)c2=O)cc1CO.N#Cc1cc(Cl)cc(Oc2c(C(F)(F)F)ncn(Cc3cc(CO)c(=O)[nH]n3)c2=O)c1. The molecule has 63 heavy (non-hydrogen) atoms. The molecule has 26 heteroatoms. The first-order valence-corrected chi connectivity index (χ1v) is 17.8. The molecule has 6 rings (SSSR count). The van der Waals surface area contributed by atoms with Gasteiger partial charge in [-0.05, 0) is 48.5 Å². The summed E-state index contributed by atoms with van der Waals surface area (Å²) in [6.07, 6.45) is -8.65. The van der Waals surface area contributed by atoms with Gasteiger partial charge in [0, 0.05) is 21.2 Å². The van der Waals surface area contributed by atoms with Crippen molar-refractivity contribution in [2.45, 2.75) is 38.7 Å². The molecule has 0 saturated heterocycles. The van der Waals surface area contributed by atoms with Crippen LogP contribution in [-0.2, 0) is 38.7 Å². The number of ether oxygens (including phenoxy) is 3. The van der Waals surface area contributed by atoms with Gasteiger partial charge in [-0.1, -0.05) is 23.2 Å². The zero-order chi connectivity index (χ0) is 46.2. The molecular formula is C37H24Cl2F6N10O8. The van der Waals surface area contributed by atoms with Crippen LogP contribution < -0.4 is 30.9 Å². The van der Waals surface area contributed by atoms with Crippen molar-refractivity contribution in [2.75, 3.05) is 7.11 Å².